The third kappa shape index (κ3) is 4.05. The van der Waals surface area contributed by atoms with Gasteiger partial charge in [-0.15, -0.1) is 10.9 Å². The molecular weight excluding hydrogens is 334 g/mol. The zero-order chi connectivity index (χ0) is 20.6. The molecule has 0 atom stereocenters. The van der Waals surface area contributed by atoms with Gasteiger partial charge in [-0.3, -0.25) is 4.79 Å². The number of benzene rings is 2. The molecule has 1 aliphatic rings. The first-order chi connectivity index (χ1) is 13.2. The fourth-order valence-electron chi connectivity index (χ4n) is 3.85. The molecule has 2 nitrogen and oxygen atoms in total. The molecule has 0 aromatic heterocycles. The molecule has 28 heavy (non-hydrogen) atoms. The van der Waals surface area contributed by atoms with Crippen molar-refractivity contribution in [2.75, 3.05) is 13.1 Å². The third-order valence-corrected chi connectivity index (χ3v) is 6.32. The highest BCUT2D eigenvalue weighted by molar-refractivity contribution is 6.58. The van der Waals surface area contributed by atoms with Crippen molar-refractivity contribution in [1.29, 1.82) is 0 Å². The maximum atomic E-state index is 13.2. The van der Waals surface area contributed by atoms with E-state index in [1.54, 1.807) is 0 Å². The second kappa shape index (κ2) is 8.17. The van der Waals surface area contributed by atoms with Crippen molar-refractivity contribution in [1.82, 2.24) is 4.81 Å². The second-order valence-corrected chi connectivity index (χ2v) is 8.28. The predicted molar refractivity (Wildman–Crippen MR) is 143 cm³/mol. The number of nitrogens with zero attached hydrogens (tertiary/aromatic N) is 1. The van der Waals surface area contributed by atoms with E-state index in [1.165, 1.54) is 32.8 Å². The van der Waals surface area contributed by atoms with Crippen LogP contribution in [0.15, 0.2) is 35.4 Å². The number of Topliss-reactive ketones (excluding diaryl/α,β-unsaturated/α-hetero) is 1. The average molecular weight is 358 g/mol. The van der Waals surface area contributed by atoms with Crippen LogP contribution in [0.3, 0.4) is 0 Å². The molecule has 0 saturated carbocycles. The van der Waals surface area contributed by atoms with Crippen molar-refractivity contribution in [2.45, 2.75) is 0 Å². The topological polar surface area (TPSA) is 20.3 Å². The summed E-state index contributed by atoms with van der Waals surface area (Å²) in [5.41, 5.74) is 11.7. The molecule has 3 rings (SSSR count). The quantitative estimate of drug-likeness (QED) is 0.393. The van der Waals surface area contributed by atoms with Crippen molar-refractivity contribution in [2.24, 2.45) is 0 Å². The molecular formula is C19H24B7NO. The van der Waals surface area contributed by atoms with Gasteiger partial charge in [0.1, 0.15) is 47.1 Å². The second-order valence-electron chi connectivity index (χ2n) is 8.28. The van der Waals surface area contributed by atoms with Gasteiger partial charge in [0.15, 0.2) is 13.8 Å². The summed E-state index contributed by atoms with van der Waals surface area (Å²) in [4.78, 5) is 15.5. The smallest absolute Gasteiger partial charge is 0.187 e. The Morgan fingerprint density at radius 1 is 0.679 bits per heavy atom. The van der Waals surface area contributed by atoms with Crippen LogP contribution in [0.1, 0.15) is 11.1 Å². The first-order valence-electron chi connectivity index (χ1n) is 9.97. The number of carbonyl (C=O) groups excluding carboxylic acids is 1. The van der Waals surface area contributed by atoms with E-state index in [1.807, 2.05) is 0 Å². The van der Waals surface area contributed by atoms with E-state index in [0.29, 0.717) is 13.1 Å². The van der Waals surface area contributed by atoms with Crippen LogP contribution in [0, 0.1) is 0 Å². The van der Waals surface area contributed by atoms with E-state index in [4.69, 9.17) is 0 Å². The van der Waals surface area contributed by atoms with E-state index >= 15 is 0 Å². The molecule has 0 aliphatic carbocycles. The molecule has 0 spiro atoms. The lowest BCUT2D eigenvalue weighted by Crippen LogP contribution is -2.41. The Balaban J connectivity index is 2.02. The molecule has 1 saturated heterocycles. The van der Waals surface area contributed by atoms with Gasteiger partial charge in [0.25, 0.3) is 0 Å². The number of ketones is 1. The normalized spacial score (nSPS) is 18.1. The monoisotopic (exact) mass is 359 g/mol. The fourth-order valence-corrected chi connectivity index (χ4v) is 3.85. The minimum atomic E-state index is 0.174. The predicted octanol–water partition coefficient (Wildman–Crippen LogP) is -7.86. The summed E-state index contributed by atoms with van der Waals surface area (Å²) in [5.74, 6) is 0.174. The lowest BCUT2D eigenvalue weighted by molar-refractivity contribution is -0.113. The summed E-state index contributed by atoms with van der Waals surface area (Å²) in [6.07, 6.45) is 4.17. The highest BCUT2D eigenvalue weighted by atomic mass is 16.1. The number of carbonyl (C=O) groups is 1. The highest BCUT2D eigenvalue weighted by Crippen LogP contribution is 2.19. The first-order valence-corrected chi connectivity index (χ1v) is 9.97. The minimum absolute atomic E-state index is 0.174. The fraction of sp³-hybridized carbons (Fsp3) is 0.105. The van der Waals surface area contributed by atoms with Crippen LogP contribution in [-0.4, -0.2) is 78.7 Å². The summed E-state index contributed by atoms with van der Waals surface area (Å²) >= 11 is 0. The summed E-state index contributed by atoms with van der Waals surface area (Å²) < 4.78 is 0. The number of hydrogen-bond acceptors (Lipinski definition) is 2. The van der Waals surface area contributed by atoms with Crippen molar-refractivity contribution in [3.8, 4) is 0 Å². The zero-order valence-electron chi connectivity index (χ0n) is 18.2. The van der Waals surface area contributed by atoms with Crippen LogP contribution in [0.5, 0.6) is 0 Å². The summed E-state index contributed by atoms with van der Waals surface area (Å²) in [6, 6.07) is 8.54. The molecule has 9 heteroatoms. The highest BCUT2D eigenvalue weighted by Gasteiger charge is 2.24. The molecule has 2 aromatic carbocycles. The summed E-state index contributed by atoms with van der Waals surface area (Å²) in [7, 11) is 14.9. The largest absolute Gasteiger partial charge is 0.341 e. The van der Waals surface area contributed by atoms with Crippen LogP contribution in [0.25, 0.3) is 12.2 Å². The van der Waals surface area contributed by atoms with E-state index in [0.717, 1.165) is 22.3 Å². The van der Waals surface area contributed by atoms with Gasteiger partial charge in [-0.25, -0.2) is 0 Å². The van der Waals surface area contributed by atoms with Gasteiger partial charge in [0.05, 0.1) is 0 Å². The Kier molecular flexibility index (Phi) is 6.05. The number of piperidine rings is 1. The Morgan fingerprint density at radius 3 is 1.46 bits per heavy atom. The van der Waals surface area contributed by atoms with Crippen molar-refractivity contribution < 1.29 is 4.79 Å². The molecule has 0 N–H and O–H groups in total. The number of hydrogen-bond donors (Lipinski definition) is 0. The summed E-state index contributed by atoms with van der Waals surface area (Å²) in [6.45, 7) is 1.38. The van der Waals surface area contributed by atoms with Crippen LogP contribution in [-0.2, 0) is 4.79 Å². The molecule has 2 aromatic rings. The Morgan fingerprint density at radius 2 is 1.07 bits per heavy atom. The SMILES string of the molecule is Bc1ccc(/C=C2\CN(B)C/C(=C\c3ccc(B)c(B)c3B)C2=O)c(B)c1B. The van der Waals surface area contributed by atoms with E-state index in [-0.39, 0.29) is 5.78 Å². The maximum Gasteiger partial charge on any atom is 0.187 e. The van der Waals surface area contributed by atoms with Crippen LogP contribution < -0.4 is 32.8 Å². The van der Waals surface area contributed by atoms with Crippen molar-refractivity contribution in [3.05, 3.63) is 46.5 Å². The van der Waals surface area contributed by atoms with Gasteiger partial charge in [-0.2, -0.15) is 0 Å². The van der Waals surface area contributed by atoms with Gasteiger partial charge in [0.2, 0.25) is 0 Å². The van der Waals surface area contributed by atoms with Crippen molar-refractivity contribution in [3.63, 3.8) is 0 Å². The summed E-state index contributed by atoms with van der Waals surface area (Å²) in [5, 5.41) is 0. The van der Waals surface area contributed by atoms with E-state index in [2.05, 4.69) is 96.3 Å². The third-order valence-electron chi connectivity index (χ3n) is 6.32. The van der Waals surface area contributed by atoms with Crippen molar-refractivity contribution >= 4 is 106 Å². The van der Waals surface area contributed by atoms with Crippen LogP contribution in [0.2, 0.25) is 0 Å². The van der Waals surface area contributed by atoms with Gasteiger partial charge in [-0.1, -0.05) is 46.1 Å². The van der Waals surface area contributed by atoms with Gasteiger partial charge < -0.3 is 4.81 Å². The lowest BCUT2D eigenvalue weighted by atomic mass is 9.70. The molecule has 1 aliphatic heterocycles. The molecule has 0 unspecified atom stereocenters. The molecule has 1 fully saturated rings. The standard InChI is InChI=1S/C19H24B7NO/c20-13-3-1-9(15(22)17(13)24)5-11-7-27(26)8-12(19(11)28)6-10-2-4-14(21)18(25)16(10)23/h1-6H,7-8,20-26H2/b11-5+,12-6+. The van der Waals surface area contributed by atoms with Gasteiger partial charge in [-0.05, 0) is 23.3 Å². The van der Waals surface area contributed by atoms with Crippen LogP contribution in [0.4, 0.5) is 0 Å². The van der Waals surface area contributed by atoms with E-state index < -0.39 is 0 Å². The van der Waals surface area contributed by atoms with Gasteiger partial charge in [0, 0.05) is 24.2 Å². The maximum absolute atomic E-state index is 13.2. The Labute approximate surface area is 175 Å². The van der Waals surface area contributed by atoms with E-state index in [9.17, 15) is 4.79 Å². The average Bonchev–Trinajstić information content (AvgIpc) is 2.66. The molecule has 0 amide bonds. The molecule has 0 bridgehead atoms. The first kappa shape index (κ1) is 20.7. The number of rotatable bonds is 2. The minimum Gasteiger partial charge on any atom is -0.341 e. The van der Waals surface area contributed by atoms with Crippen LogP contribution >= 0.6 is 0 Å². The molecule has 132 valence electrons. The zero-order valence-corrected chi connectivity index (χ0v) is 18.2. The lowest BCUT2D eigenvalue weighted by Gasteiger charge is -2.27. The Bertz CT molecular complexity index is 950. The Hall–Kier alpha value is -2.00. The van der Waals surface area contributed by atoms with Gasteiger partial charge >= 0.3 is 0 Å². The molecule has 0 radical (unpaired) electrons. The molecule has 1 heterocycles.